The van der Waals surface area contributed by atoms with Gasteiger partial charge in [-0.15, -0.1) is 0 Å². The van der Waals surface area contributed by atoms with E-state index in [0.717, 1.165) is 21.9 Å². The Kier molecular flexibility index (Phi) is 3.60. The summed E-state index contributed by atoms with van der Waals surface area (Å²) < 4.78 is 154. The maximum atomic E-state index is 9.76. The molecule has 0 N–H and O–H groups in total. The zero-order chi connectivity index (χ0) is 47.1. The minimum Gasteiger partial charge on any atom is -0.0622 e. The van der Waals surface area contributed by atoms with Crippen molar-refractivity contribution in [2.75, 3.05) is 0 Å². The number of fused-ring (bicyclic) bond motifs is 6. The second-order valence-corrected chi connectivity index (χ2v) is 11.8. The first-order valence-electron chi connectivity index (χ1n) is 24.3. The van der Waals surface area contributed by atoms with Crippen molar-refractivity contribution in [1.82, 2.24) is 0 Å². The van der Waals surface area contributed by atoms with Crippen LogP contribution in [0.2, 0.25) is 0 Å². The van der Waals surface area contributed by atoms with Crippen LogP contribution >= 0.6 is 0 Å². The number of rotatable bonds is 4. The Morgan fingerprint density at radius 1 is 0.347 bits per heavy atom. The molecule has 10 rings (SSSR count). The third kappa shape index (κ3) is 4.53. The highest BCUT2D eigenvalue weighted by Crippen LogP contribution is 2.46. The maximum Gasteiger partial charge on any atom is 0.0636 e. The van der Waals surface area contributed by atoms with Gasteiger partial charge in [0.2, 0.25) is 0 Å². The summed E-state index contributed by atoms with van der Waals surface area (Å²) in [5.41, 5.74) is 0.204. The molecule has 0 heteroatoms. The summed E-state index contributed by atoms with van der Waals surface area (Å²) in [6.45, 7) is 0. The molecule has 0 fully saturated rings. The van der Waals surface area contributed by atoms with Crippen LogP contribution in [0.1, 0.15) is 34.4 Å². The van der Waals surface area contributed by atoms with Crippen molar-refractivity contribution < 1.29 is 23.3 Å². The Balaban J connectivity index is 1.30. The van der Waals surface area contributed by atoms with Crippen LogP contribution in [-0.4, -0.2) is 0 Å². The van der Waals surface area contributed by atoms with Gasteiger partial charge in [0.1, 0.15) is 0 Å². The first kappa shape index (κ1) is 15.8. The molecule has 0 saturated heterocycles. The van der Waals surface area contributed by atoms with Gasteiger partial charge in [-0.25, -0.2) is 0 Å². The van der Waals surface area contributed by atoms with Crippen LogP contribution in [0.25, 0.3) is 88.0 Å². The van der Waals surface area contributed by atoms with Crippen LogP contribution in [0.4, 0.5) is 0 Å². The van der Waals surface area contributed by atoms with Gasteiger partial charge in [0.15, 0.2) is 0 Å². The van der Waals surface area contributed by atoms with Crippen molar-refractivity contribution in [3.05, 3.63) is 193 Å². The van der Waals surface area contributed by atoms with E-state index < -0.39 is 113 Å². The Morgan fingerprint density at radius 2 is 0.939 bits per heavy atom. The molecule has 0 saturated carbocycles. The summed E-state index contributed by atoms with van der Waals surface area (Å²) in [6, 6.07) is 14.4. The molecule has 0 atom stereocenters. The molecule has 0 aromatic heterocycles. The van der Waals surface area contributed by atoms with Gasteiger partial charge in [-0.3, -0.25) is 0 Å². The van der Waals surface area contributed by atoms with Crippen LogP contribution in [0, 0.1) is 0 Å². The first-order chi connectivity index (χ1) is 31.4. The quantitative estimate of drug-likeness (QED) is 0.168. The zero-order valence-electron chi connectivity index (χ0n) is 42.7. The van der Waals surface area contributed by atoms with Crippen LogP contribution < -0.4 is 0 Å². The van der Waals surface area contributed by atoms with Crippen molar-refractivity contribution in [2.24, 2.45) is 0 Å². The summed E-state index contributed by atoms with van der Waals surface area (Å²) in [6.07, 6.45) is -0.298. The van der Waals surface area contributed by atoms with Gasteiger partial charge >= 0.3 is 0 Å². The standard InChI is InChI=1S/C49H32/c1-3-12-32(13-4-1)36-23-26-38-30-39-16-11-21-41(48(39)46(38)31-36)37-25-22-35-29-40(27-24-34(35)28-37)49-44-19-9-7-17-42(44)47(33-14-5-2-6-15-33)43-18-8-10-20-45(43)49/h1-29,31H,30H2/i1D,3D,4D,11D,12D,13D,16D,21D,22D,23D,24D,25D,26D,27D,28D,29D,31D. The van der Waals surface area contributed by atoms with Gasteiger partial charge in [-0.2, -0.15) is 0 Å². The summed E-state index contributed by atoms with van der Waals surface area (Å²) in [5, 5.41) is 2.34. The molecule has 0 aliphatic heterocycles. The van der Waals surface area contributed by atoms with Crippen molar-refractivity contribution in [2.45, 2.75) is 6.42 Å². The molecule has 0 heterocycles. The van der Waals surface area contributed by atoms with Gasteiger partial charge in [0.05, 0.1) is 23.3 Å². The smallest absolute Gasteiger partial charge is 0.0622 e. The molecule has 0 unspecified atom stereocenters. The Bertz CT molecular complexity index is 3610. The van der Waals surface area contributed by atoms with Gasteiger partial charge in [0, 0.05) is 0 Å². The molecule has 228 valence electrons. The molecule has 0 radical (unpaired) electrons. The van der Waals surface area contributed by atoms with E-state index in [1.54, 1.807) is 0 Å². The van der Waals surface area contributed by atoms with Gasteiger partial charge in [-0.1, -0.05) is 163 Å². The molecular weight excluding hydrogens is 589 g/mol. The van der Waals surface area contributed by atoms with E-state index in [4.69, 9.17) is 12.3 Å². The highest BCUT2D eigenvalue weighted by molar-refractivity contribution is 6.21. The minimum absolute atomic E-state index is 0.00580. The lowest BCUT2D eigenvalue weighted by Gasteiger charge is -2.18. The van der Waals surface area contributed by atoms with Crippen molar-refractivity contribution in [3.8, 4) is 55.6 Å². The van der Waals surface area contributed by atoms with Crippen LogP contribution in [0.15, 0.2) is 182 Å². The first-order valence-corrected chi connectivity index (χ1v) is 15.8. The predicted octanol–water partition coefficient (Wildman–Crippen LogP) is 13.4. The average molecular weight is 638 g/mol. The van der Waals surface area contributed by atoms with Crippen LogP contribution in [0.3, 0.4) is 0 Å². The Hall–Kier alpha value is -6.24. The largest absolute Gasteiger partial charge is 0.0636 e. The molecule has 1 aliphatic rings. The van der Waals surface area contributed by atoms with Gasteiger partial charge in [0.25, 0.3) is 0 Å². The molecule has 0 spiro atoms. The van der Waals surface area contributed by atoms with Crippen LogP contribution in [0.5, 0.6) is 0 Å². The zero-order valence-corrected chi connectivity index (χ0v) is 25.7. The summed E-state index contributed by atoms with van der Waals surface area (Å²) in [7, 11) is 0. The molecule has 0 nitrogen and oxygen atoms in total. The summed E-state index contributed by atoms with van der Waals surface area (Å²) in [5.74, 6) is 0. The van der Waals surface area contributed by atoms with E-state index >= 15 is 0 Å². The summed E-state index contributed by atoms with van der Waals surface area (Å²) in [4.78, 5) is 0. The van der Waals surface area contributed by atoms with E-state index in [-0.39, 0.29) is 56.6 Å². The van der Waals surface area contributed by atoms with E-state index in [1.165, 1.54) is 0 Å². The number of hydrogen-bond acceptors (Lipinski definition) is 0. The lowest BCUT2D eigenvalue weighted by molar-refractivity contribution is 1.26. The van der Waals surface area contributed by atoms with E-state index in [9.17, 15) is 11.0 Å². The second kappa shape index (κ2) is 11.2. The molecule has 9 aromatic rings. The fraction of sp³-hybridized carbons (Fsp3) is 0.0204. The molecule has 0 amide bonds. The monoisotopic (exact) mass is 637 g/mol. The molecule has 1 aliphatic carbocycles. The fourth-order valence-corrected chi connectivity index (χ4v) is 6.93. The van der Waals surface area contributed by atoms with E-state index in [0.29, 0.717) is 16.3 Å². The molecule has 9 aromatic carbocycles. The minimum atomic E-state index is -0.738. The maximum absolute atomic E-state index is 9.76. The topological polar surface area (TPSA) is 0 Å². The molecule has 49 heavy (non-hydrogen) atoms. The summed E-state index contributed by atoms with van der Waals surface area (Å²) >= 11 is 0. The van der Waals surface area contributed by atoms with Crippen molar-refractivity contribution in [1.29, 1.82) is 0 Å². The Morgan fingerprint density at radius 3 is 1.63 bits per heavy atom. The molecule has 0 bridgehead atoms. The van der Waals surface area contributed by atoms with E-state index in [1.807, 2.05) is 78.9 Å². The fourth-order valence-electron chi connectivity index (χ4n) is 6.93. The highest BCUT2D eigenvalue weighted by Gasteiger charge is 2.23. The predicted molar refractivity (Wildman–Crippen MR) is 209 cm³/mol. The number of hydrogen-bond donors (Lipinski definition) is 0. The average Bonchev–Trinajstić information content (AvgIpc) is 3.72. The van der Waals surface area contributed by atoms with Gasteiger partial charge in [-0.05, 0) is 124 Å². The van der Waals surface area contributed by atoms with Crippen molar-refractivity contribution in [3.63, 3.8) is 0 Å². The Labute approximate surface area is 310 Å². The highest BCUT2D eigenvalue weighted by atomic mass is 14.3. The number of benzene rings is 9. The second-order valence-electron chi connectivity index (χ2n) is 11.8. The SMILES string of the molecule is [2H]c1c([2H])c([2H])c(-c2c([2H])c([2H])c3c(c2[2H])-c2c(c([2H])c([2H])c([2H])c2-c2c([2H])c([2H])c4c([2H])c(-c5c6ccccc6c(-c6ccccc6)c6ccccc56)c([2H])c([2H])c4c2[2H])C3)c([2H])c1[2H]. The van der Waals surface area contributed by atoms with Gasteiger partial charge < -0.3 is 0 Å². The van der Waals surface area contributed by atoms with Crippen LogP contribution in [-0.2, 0) is 6.42 Å². The lowest BCUT2D eigenvalue weighted by Crippen LogP contribution is -1.91. The lowest BCUT2D eigenvalue weighted by atomic mass is 9.85. The molecular formula is C49H32. The third-order valence-electron chi connectivity index (χ3n) is 9.07. The third-order valence-corrected chi connectivity index (χ3v) is 9.07. The van der Waals surface area contributed by atoms with Crippen molar-refractivity contribution >= 4 is 32.3 Å². The van der Waals surface area contributed by atoms with E-state index in [2.05, 4.69) is 0 Å². The normalized spacial score (nSPS) is 16.9.